The largest absolute Gasteiger partial charge is 0.493 e. The van der Waals surface area contributed by atoms with Crippen molar-refractivity contribution < 1.29 is 28.6 Å². The maximum atomic E-state index is 13.5. The summed E-state index contributed by atoms with van der Waals surface area (Å²) in [5.41, 5.74) is 3.08. The van der Waals surface area contributed by atoms with Crippen molar-refractivity contribution in [2.75, 3.05) is 26.7 Å². The quantitative estimate of drug-likeness (QED) is 0.446. The molecule has 7 rings (SSSR count). The van der Waals surface area contributed by atoms with Gasteiger partial charge in [0, 0.05) is 31.2 Å². The van der Waals surface area contributed by atoms with Crippen LogP contribution in [0.25, 0.3) is 0 Å². The molecular weight excluding hydrogens is 574 g/mol. The fourth-order valence-corrected chi connectivity index (χ4v) is 6.01. The molecule has 2 fully saturated rings. The molecule has 0 spiro atoms. The Kier molecular flexibility index (Phi) is 9.07. The molecule has 0 radical (unpaired) electrons. The summed E-state index contributed by atoms with van der Waals surface area (Å²) in [5.74, 6) is 1.65. The second kappa shape index (κ2) is 13.3. The number of fused-ring (bicyclic) bond motifs is 9. The van der Waals surface area contributed by atoms with Crippen LogP contribution >= 0.6 is 0 Å². The highest BCUT2D eigenvalue weighted by Gasteiger charge is 2.39. The number of ether oxygens (including phenoxy) is 3. The van der Waals surface area contributed by atoms with Crippen LogP contribution < -0.4 is 14.8 Å². The lowest BCUT2D eigenvalue weighted by Gasteiger charge is -2.25. The van der Waals surface area contributed by atoms with Crippen LogP contribution in [0.2, 0.25) is 0 Å². The van der Waals surface area contributed by atoms with Gasteiger partial charge < -0.3 is 29.3 Å². The van der Waals surface area contributed by atoms with Gasteiger partial charge in [-0.05, 0) is 73.1 Å². The van der Waals surface area contributed by atoms with Crippen LogP contribution in [0.15, 0.2) is 48.5 Å². The smallest absolute Gasteiger partial charge is 0.274 e. The van der Waals surface area contributed by atoms with Crippen molar-refractivity contribution in [2.45, 2.75) is 70.7 Å². The fraction of sp³-hybridized carbons (Fsp3) is 0.471. The number of nitrogens with one attached hydrogen (secondary N) is 2. The van der Waals surface area contributed by atoms with Crippen LogP contribution in [0, 0.1) is 5.92 Å². The predicted molar refractivity (Wildman–Crippen MR) is 166 cm³/mol. The number of H-pyrrole nitrogens is 1. The molecule has 3 aliphatic heterocycles. The molecular formula is C34H41N5O6. The van der Waals surface area contributed by atoms with E-state index in [0.29, 0.717) is 41.8 Å². The Labute approximate surface area is 263 Å². The molecule has 1 aliphatic carbocycles. The first kappa shape index (κ1) is 30.6. The third-order valence-corrected chi connectivity index (χ3v) is 8.45. The monoisotopic (exact) mass is 615 g/mol. The molecule has 11 heteroatoms. The first-order valence-corrected chi connectivity index (χ1v) is 15.7. The van der Waals surface area contributed by atoms with E-state index in [9.17, 15) is 14.4 Å². The molecule has 1 saturated heterocycles. The summed E-state index contributed by atoms with van der Waals surface area (Å²) in [6, 6.07) is 14.7. The Morgan fingerprint density at radius 3 is 2.69 bits per heavy atom. The lowest BCUT2D eigenvalue weighted by molar-refractivity contribution is -0.137. The average molecular weight is 616 g/mol. The van der Waals surface area contributed by atoms with Crippen molar-refractivity contribution in [2.24, 2.45) is 5.92 Å². The van der Waals surface area contributed by atoms with Crippen molar-refractivity contribution in [3.05, 3.63) is 71.0 Å². The number of carbonyl (C=O) groups is 3. The summed E-state index contributed by atoms with van der Waals surface area (Å²) in [7, 11) is 1.59. The topological polar surface area (TPSA) is 126 Å². The van der Waals surface area contributed by atoms with Gasteiger partial charge in [0.05, 0.1) is 32.4 Å². The minimum atomic E-state index is -0.462. The number of carbonyl (C=O) groups excluding carboxylic acids is 3. The highest BCUT2D eigenvalue weighted by molar-refractivity contribution is 5.93. The van der Waals surface area contributed by atoms with Crippen molar-refractivity contribution in [3.8, 4) is 17.2 Å². The lowest BCUT2D eigenvalue weighted by Crippen LogP contribution is -2.49. The van der Waals surface area contributed by atoms with E-state index in [0.717, 1.165) is 36.1 Å². The number of likely N-dealkylation sites (tertiary alicyclic amines) is 1. The van der Waals surface area contributed by atoms with Gasteiger partial charge in [-0.1, -0.05) is 32.0 Å². The van der Waals surface area contributed by atoms with E-state index < -0.39 is 12.1 Å². The molecule has 2 aromatic carbocycles. The minimum absolute atomic E-state index is 0.0310. The van der Waals surface area contributed by atoms with Crippen molar-refractivity contribution in [3.63, 3.8) is 0 Å². The minimum Gasteiger partial charge on any atom is -0.493 e. The number of methoxy groups -OCH3 is 1. The lowest BCUT2D eigenvalue weighted by atomic mass is 10.1. The normalized spacial score (nSPS) is 21.1. The summed E-state index contributed by atoms with van der Waals surface area (Å²) >= 11 is 0. The van der Waals surface area contributed by atoms with Gasteiger partial charge in [-0.3, -0.25) is 19.5 Å². The second-order valence-electron chi connectivity index (χ2n) is 12.6. The first-order valence-electron chi connectivity index (χ1n) is 15.7. The zero-order valence-corrected chi connectivity index (χ0v) is 26.1. The fourth-order valence-electron chi connectivity index (χ4n) is 6.01. The van der Waals surface area contributed by atoms with Crippen LogP contribution in [0.4, 0.5) is 0 Å². The molecule has 0 unspecified atom stereocenters. The Morgan fingerprint density at radius 2 is 1.91 bits per heavy atom. The van der Waals surface area contributed by atoms with Gasteiger partial charge in [0.25, 0.3) is 5.91 Å². The van der Waals surface area contributed by atoms with Crippen molar-refractivity contribution in [1.29, 1.82) is 0 Å². The summed E-state index contributed by atoms with van der Waals surface area (Å²) in [5, 5.41) is 10.3. The molecule has 2 N–H and O–H groups in total. The van der Waals surface area contributed by atoms with Gasteiger partial charge in [0.15, 0.2) is 11.5 Å². The molecule has 4 heterocycles. The van der Waals surface area contributed by atoms with Gasteiger partial charge in [-0.2, -0.15) is 5.10 Å². The molecule has 3 aromatic rings. The van der Waals surface area contributed by atoms with Gasteiger partial charge in [-0.25, -0.2) is 0 Å². The molecule has 4 bridgehead atoms. The molecule has 4 aliphatic rings. The Morgan fingerprint density at radius 1 is 1.07 bits per heavy atom. The summed E-state index contributed by atoms with van der Waals surface area (Å²) in [4.78, 5) is 43.6. The zero-order chi connectivity index (χ0) is 31.5. The van der Waals surface area contributed by atoms with E-state index in [1.54, 1.807) is 23.0 Å². The molecule has 11 nitrogen and oxygen atoms in total. The number of hydrogen-bond acceptors (Lipinski definition) is 7. The van der Waals surface area contributed by atoms with Gasteiger partial charge in [-0.15, -0.1) is 0 Å². The summed E-state index contributed by atoms with van der Waals surface area (Å²) < 4.78 is 18.2. The van der Waals surface area contributed by atoms with Crippen molar-refractivity contribution >= 4 is 17.7 Å². The standard InChI is InChI=1S/C34H41N5O6/c1-21(2)13-24-16-27(37-36-24)34(42)38-17-28-31(18-38)44-20-23-5-4-6-26(14-23)45-29-11-7-22(15-30(29)43-3)8-12-33(41)39(25-9-10-25)19-32(40)35-28/h4-7,11,14-16,21,25,28,31H,8-10,12-13,17-20H2,1-3H3,(H,35,40)(H,36,37)/t28-,31-/m0/s1. The van der Waals surface area contributed by atoms with Crippen LogP contribution in [0.5, 0.6) is 17.2 Å². The summed E-state index contributed by atoms with van der Waals surface area (Å²) in [6.45, 7) is 5.01. The third-order valence-electron chi connectivity index (χ3n) is 8.45. The molecule has 1 aromatic heterocycles. The number of aromatic amines is 1. The van der Waals surface area contributed by atoms with E-state index >= 15 is 0 Å². The highest BCUT2D eigenvalue weighted by Crippen LogP contribution is 2.34. The average Bonchev–Trinajstić information content (AvgIpc) is 3.63. The van der Waals surface area contributed by atoms with Gasteiger partial charge >= 0.3 is 0 Å². The van der Waals surface area contributed by atoms with Crippen LogP contribution in [0.3, 0.4) is 0 Å². The number of rotatable bonds is 5. The van der Waals surface area contributed by atoms with Gasteiger partial charge in [0.2, 0.25) is 11.8 Å². The number of aromatic nitrogens is 2. The van der Waals surface area contributed by atoms with E-state index in [1.165, 1.54) is 0 Å². The summed E-state index contributed by atoms with van der Waals surface area (Å²) in [6.07, 6.45) is 2.89. The number of amides is 3. The number of aryl methyl sites for hydroxylation is 1. The number of benzene rings is 2. The SMILES string of the molecule is COc1cc2ccc1Oc1cccc(c1)CO[C@H]1CN(C(=O)c3cc(CC(C)C)[nH]n3)C[C@@H]1NC(=O)CN(C1CC1)C(=O)CC2. The van der Waals surface area contributed by atoms with Crippen molar-refractivity contribution in [1.82, 2.24) is 25.3 Å². The predicted octanol–water partition coefficient (Wildman–Crippen LogP) is 3.87. The molecule has 45 heavy (non-hydrogen) atoms. The van der Waals surface area contributed by atoms with E-state index in [1.807, 2.05) is 42.5 Å². The zero-order valence-electron chi connectivity index (χ0n) is 26.1. The van der Waals surface area contributed by atoms with Gasteiger partial charge in [0.1, 0.15) is 11.4 Å². The Balaban J connectivity index is 1.25. The number of hydrogen-bond donors (Lipinski definition) is 2. The van der Waals surface area contributed by atoms with E-state index in [-0.39, 0.29) is 49.9 Å². The Bertz CT molecular complexity index is 1550. The first-order chi connectivity index (χ1) is 21.7. The Hall–Kier alpha value is -4.38. The maximum Gasteiger partial charge on any atom is 0.274 e. The molecule has 3 amide bonds. The molecule has 2 atom stereocenters. The van der Waals surface area contributed by atoms with Crippen LogP contribution in [0.1, 0.15) is 60.4 Å². The van der Waals surface area contributed by atoms with Crippen LogP contribution in [-0.4, -0.2) is 82.7 Å². The maximum absolute atomic E-state index is 13.5. The van der Waals surface area contributed by atoms with Crippen LogP contribution in [-0.2, 0) is 33.8 Å². The number of nitrogens with zero attached hydrogens (tertiary/aromatic N) is 3. The highest BCUT2D eigenvalue weighted by atomic mass is 16.5. The molecule has 238 valence electrons. The molecule has 1 saturated carbocycles. The van der Waals surface area contributed by atoms with E-state index in [4.69, 9.17) is 14.2 Å². The third kappa shape index (κ3) is 7.47. The second-order valence-corrected chi connectivity index (χ2v) is 12.6. The van der Waals surface area contributed by atoms with E-state index in [2.05, 4.69) is 29.4 Å².